The molecule has 1 N–H and O–H groups in total. The number of nitrogens with one attached hydrogen (secondary N) is 1. The zero-order valence-electron chi connectivity index (χ0n) is 21.9. The first kappa shape index (κ1) is 25.8. The molecule has 4 rings (SSSR count). The van der Waals surface area contributed by atoms with Crippen LogP contribution in [0.2, 0.25) is 0 Å². The Bertz CT molecular complexity index is 1470. The highest BCUT2D eigenvalue weighted by Gasteiger charge is 2.27. The molecular weight excluding hydrogens is 470 g/mol. The van der Waals surface area contributed by atoms with E-state index < -0.39 is 5.92 Å². The van der Waals surface area contributed by atoms with E-state index in [1.165, 1.54) is 0 Å². The van der Waals surface area contributed by atoms with Gasteiger partial charge >= 0.3 is 0 Å². The predicted molar refractivity (Wildman–Crippen MR) is 144 cm³/mol. The van der Waals surface area contributed by atoms with Crippen LogP contribution < -0.4 is 25.1 Å². The summed E-state index contributed by atoms with van der Waals surface area (Å²) in [7, 11) is 4.64. The minimum absolute atomic E-state index is 0.00742. The number of aryl methyl sites for hydroxylation is 1. The van der Waals surface area contributed by atoms with Crippen LogP contribution in [0.4, 0.5) is 5.69 Å². The Labute approximate surface area is 215 Å². The lowest BCUT2D eigenvalue weighted by atomic mass is 9.87. The first-order valence-electron chi connectivity index (χ1n) is 12.0. The molecule has 0 aliphatic rings. The van der Waals surface area contributed by atoms with Crippen LogP contribution >= 0.6 is 0 Å². The van der Waals surface area contributed by atoms with Crippen molar-refractivity contribution in [2.45, 2.75) is 26.7 Å². The van der Waals surface area contributed by atoms with E-state index in [2.05, 4.69) is 10.3 Å². The molecule has 1 aromatic heterocycles. The summed E-state index contributed by atoms with van der Waals surface area (Å²) in [6, 6.07) is 18.0. The Morgan fingerprint density at radius 1 is 0.919 bits per heavy atom. The van der Waals surface area contributed by atoms with E-state index in [0.29, 0.717) is 45.4 Å². The number of fused-ring (bicyclic) bond motifs is 1. The molecule has 0 radical (unpaired) electrons. The lowest BCUT2D eigenvalue weighted by molar-refractivity contribution is -0.118. The molecule has 8 heteroatoms. The summed E-state index contributed by atoms with van der Waals surface area (Å²) in [5, 5.41) is 3.56. The number of amides is 1. The number of anilines is 1. The van der Waals surface area contributed by atoms with Gasteiger partial charge in [0.2, 0.25) is 11.7 Å². The van der Waals surface area contributed by atoms with Gasteiger partial charge in [0.15, 0.2) is 11.5 Å². The number of nitrogens with zero attached hydrogens (tertiary/aromatic N) is 2. The molecule has 0 fully saturated rings. The summed E-state index contributed by atoms with van der Waals surface area (Å²) < 4.78 is 17.9. The zero-order chi connectivity index (χ0) is 26.7. The zero-order valence-corrected chi connectivity index (χ0v) is 21.9. The van der Waals surface area contributed by atoms with Crippen molar-refractivity contribution >= 4 is 22.5 Å². The number of methoxy groups -OCH3 is 3. The van der Waals surface area contributed by atoms with E-state index in [0.717, 1.165) is 5.56 Å². The van der Waals surface area contributed by atoms with E-state index in [1.807, 2.05) is 32.0 Å². The van der Waals surface area contributed by atoms with E-state index in [-0.39, 0.29) is 17.4 Å². The van der Waals surface area contributed by atoms with Crippen molar-refractivity contribution in [3.05, 3.63) is 82.4 Å². The van der Waals surface area contributed by atoms with Crippen LogP contribution in [0.5, 0.6) is 17.2 Å². The van der Waals surface area contributed by atoms with Crippen LogP contribution in [0, 0.1) is 12.8 Å². The van der Waals surface area contributed by atoms with Crippen LogP contribution in [0.3, 0.4) is 0 Å². The Morgan fingerprint density at radius 2 is 1.54 bits per heavy atom. The molecule has 0 aliphatic heterocycles. The molecule has 1 atom stereocenters. The van der Waals surface area contributed by atoms with Gasteiger partial charge in [-0.3, -0.25) is 14.2 Å². The minimum Gasteiger partial charge on any atom is -0.493 e. The number of carbonyl (C=O) groups is 1. The second-order valence-electron chi connectivity index (χ2n) is 9.03. The van der Waals surface area contributed by atoms with Crippen LogP contribution in [0.1, 0.15) is 31.2 Å². The van der Waals surface area contributed by atoms with Crippen LogP contribution in [-0.2, 0) is 4.79 Å². The summed E-state index contributed by atoms with van der Waals surface area (Å²) >= 11 is 0. The van der Waals surface area contributed by atoms with Crippen molar-refractivity contribution in [2.75, 3.05) is 26.6 Å². The number of benzene rings is 3. The third kappa shape index (κ3) is 5.00. The molecule has 192 valence electrons. The van der Waals surface area contributed by atoms with E-state index in [4.69, 9.17) is 14.2 Å². The van der Waals surface area contributed by atoms with Crippen molar-refractivity contribution in [1.29, 1.82) is 0 Å². The third-order valence-corrected chi connectivity index (χ3v) is 6.33. The lowest BCUT2D eigenvalue weighted by Crippen LogP contribution is -2.25. The fourth-order valence-electron chi connectivity index (χ4n) is 4.58. The molecule has 1 amide bonds. The Morgan fingerprint density at radius 3 is 2.11 bits per heavy atom. The maximum atomic E-state index is 13.4. The quantitative estimate of drug-likeness (QED) is 0.361. The Balaban J connectivity index is 1.63. The van der Waals surface area contributed by atoms with E-state index in [1.54, 1.807) is 75.3 Å². The summed E-state index contributed by atoms with van der Waals surface area (Å²) in [4.78, 5) is 31.1. The standard InChI is InChI=1S/C29H31N3O5/c1-17(2)26(19-15-24(35-4)27(37-6)25(16-19)36-5)28(33)31-20-11-13-21(14-12-20)32-18(3)30-23-10-8-7-9-22(23)29(32)34/h7-17,26H,1-6H3,(H,31,33). The highest BCUT2D eigenvalue weighted by atomic mass is 16.5. The molecular formula is C29H31N3O5. The first-order valence-corrected chi connectivity index (χ1v) is 12.0. The number of para-hydroxylation sites is 1. The van der Waals surface area contributed by atoms with E-state index in [9.17, 15) is 9.59 Å². The summed E-state index contributed by atoms with van der Waals surface area (Å²) in [5.74, 6) is 1.39. The van der Waals surface area contributed by atoms with Crippen LogP contribution in [0.15, 0.2) is 65.5 Å². The highest BCUT2D eigenvalue weighted by Crippen LogP contribution is 2.41. The normalized spacial score (nSPS) is 11.9. The Hall–Kier alpha value is -4.33. The molecule has 4 aromatic rings. The van der Waals surface area contributed by atoms with Gasteiger partial charge in [-0.2, -0.15) is 0 Å². The van der Waals surface area contributed by atoms with Gasteiger partial charge in [0.1, 0.15) is 5.82 Å². The van der Waals surface area contributed by atoms with Gasteiger partial charge in [-0.15, -0.1) is 0 Å². The van der Waals surface area contributed by atoms with Crippen molar-refractivity contribution in [3.8, 4) is 22.9 Å². The topological polar surface area (TPSA) is 91.7 Å². The number of rotatable bonds is 8. The summed E-state index contributed by atoms with van der Waals surface area (Å²) in [6.45, 7) is 5.77. The largest absolute Gasteiger partial charge is 0.493 e. The molecule has 37 heavy (non-hydrogen) atoms. The molecule has 8 nitrogen and oxygen atoms in total. The second-order valence-corrected chi connectivity index (χ2v) is 9.03. The average molecular weight is 502 g/mol. The smallest absolute Gasteiger partial charge is 0.265 e. The number of ether oxygens (including phenoxy) is 3. The van der Waals surface area contributed by atoms with Gasteiger partial charge in [-0.1, -0.05) is 26.0 Å². The molecule has 1 heterocycles. The predicted octanol–water partition coefficient (Wildman–Crippen LogP) is 5.10. The van der Waals surface area contributed by atoms with Gasteiger partial charge in [-0.25, -0.2) is 4.98 Å². The van der Waals surface area contributed by atoms with Crippen LogP contribution in [-0.4, -0.2) is 36.8 Å². The molecule has 0 spiro atoms. The van der Waals surface area contributed by atoms with Gasteiger partial charge in [0.05, 0.1) is 43.8 Å². The fourth-order valence-corrected chi connectivity index (χ4v) is 4.58. The number of aromatic nitrogens is 2. The van der Waals surface area contributed by atoms with Crippen molar-refractivity contribution < 1.29 is 19.0 Å². The minimum atomic E-state index is -0.470. The number of hydrogen-bond donors (Lipinski definition) is 1. The fraction of sp³-hybridized carbons (Fsp3) is 0.276. The third-order valence-electron chi connectivity index (χ3n) is 6.33. The van der Waals surface area contributed by atoms with Gasteiger partial charge in [0, 0.05) is 5.69 Å². The molecule has 0 saturated carbocycles. The molecule has 1 unspecified atom stereocenters. The SMILES string of the molecule is COc1cc(C(C(=O)Nc2ccc(-n3c(C)nc4ccccc4c3=O)cc2)C(C)C)cc(OC)c1OC. The van der Waals surface area contributed by atoms with Crippen molar-refractivity contribution in [1.82, 2.24) is 9.55 Å². The molecule has 0 aliphatic carbocycles. The average Bonchev–Trinajstić information content (AvgIpc) is 2.88. The van der Waals surface area contributed by atoms with E-state index >= 15 is 0 Å². The van der Waals surface area contributed by atoms with Gasteiger partial charge in [0.25, 0.3) is 5.56 Å². The number of carbonyl (C=O) groups excluding carboxylic acids is 1. The highest BCUT2D eigenvalue weighted by molar-refractivity contribution is 5.96. The molecule has 3 aromatic carbocycles. The molecule has 0 saturated heterocycles. The summed E-state index contributed by atoms with van der Waals surface area (Å²) in [6.07, 6.45) is 0. The van der Waals surface area contributed by atoms with Crippen molar-refractivity contribution in [3.63, 3.8) is 0 Å². The van der Waals surface area contributed by atoms with Crippen molar-refractivity contribution in [2.24, 2.45) is 5.92 Å². The first-order chi connectivity index (χ1) is 17.8. The second kappa shape index (κ2) is 10.7. The van der Waals surface area contributed by atoms with Gasteiger partial charge in [-0.05, 0) is 66.9 Å². The lowest BCUT2D eigenvalue weighted by Gasteiger charge is -2.23. The summed E-state index contributed by atoms with van der Waals surface area (Å²) in [5.41, 5.74) is 2.57. The van der Waals surface area contributed by atoms with Gasteiger partial charge < -0.3 is 19.5 Å². The Kier molecular flexibility index (Phi) is 7.47. The maximum Gasteiger partial charge on any atom is 0.265 e. The maximum absolute atomic E-state index is 13.4. The monoisotopic (exact) mass is 501 g/mol. The number of hydrogen-bond acceptors (Lipinski definition) is 6. The van der Waals surface area contributed by atoms with Crippen LogP contribution in [0.25, 0.3) is 16.6 Å². The molecule has 0 bridgehead atoms.